The molecular weight excluding hydrogens is 316 g/mol. The van der Waals surface area contributed by atoms with Gasteiger partial charge in [0, 0.05) is 15.6 Å². The molecule has 2 aromatic rings. The average Bonchev–Trinajstić information content (AvgIpc) is 2.38. The van der Waals surface area contributed by atoms with Crippen LogP contribution in [-0.4, -0.2) is 21.0 Å². The Balaban J connectivity index is 2.04. The predicted octanol–water partition coefficient (Wildman–Crippen LogP) is 3.23. The standard InChI is InChI=1S/C12H9BrN2O2S/c13-8-1-3-9(4-2-8)18-7-11-14-6-5-10(15-11)12(16)17/h1-6H,7H2,(H,16,17). The van der Waals surface area contributed by atoms with Gasteiger partial charge in [0.05, 0.1) is 5.75 Å². The maximum Gasteiger partial charge on any atom is 0.354 e. The van der Waals surface area contributed by atoms with Crippen LogP contribution in [-0.2, 0) is 5.75 Å². The lowest BCUT2D eigenvalue weighted by atomic mass is 10.4. The molecule has 0 aliphatic carbocycles. The molecule has 4 nitrogen and oxygen atoms in total. The van der Waals surface area contributed by atoms with Crippen molar-refractivity contribution in [3.8, 4) is 0 Å². The highest BCUT2D eigenvalue weighted by Crippen LogP contribution is 2.23. The zero-order valence-corrected chi connectivity index (χ0v) is 11.6. The summed E-state index contributed by atoms with van der Waals surface area (Å²) in [5.74, 6) is 0.0260. The Kier molecular flexibility index (Phi) is 4.33. The van der Waals surface area contributed by atoms with Crippen molar-refractivity contribution in [2.24, 2.45) is 0 Å². The molecule has 6 heteroatoms. The summed E-state index contributed by atoms with van der Waals surface area (Å²) in [6.07, 6.45) is 1.47. The van der Waals surface area contributed by atoms with Crippen LogP contribution in [0.3, 0.4) is 0 Å². The fourth-order valence-electron chi connectivity index (χ4n) is 1.27. The number of hydrogen-bond donors (Lipinski definition) is 1. The third kappa shape index (κ3) is 3.54. The van der Waals surface area contributed by atoms with Gasteiger partial charge in [-0.3, -0.25) is 0 Å². The first-order valence-electron chi connectivity index (χ1n) is 5.09. The Labute approximate surface area is 117 Å². The molecule has 0 amide bonds. The predicted molar refractivity (Wildman–Crippen MR) is 72.7 cm³/mol. The van der Waals surface area contributed by atoms with Gasteiger partial charge in [0.2, 0.25) is 0 Å². The maximum absolute atomic E-state index is 10.8. The lowest BCUT2D eigenvalue weighted by Crippen LogP contribution is -2.03. The Morgan fingerprint density at radius 2 is 2.00 bits per heavy atom. The molecule has 1 aromatic carbocycles. The van der Waals surface area contributed by atoms with Gasteiger partial charge in [0.1, 0.15) is 5.82 Å². The summed E-state index contributed by atoms with van der Waals surface area (Å²) in [6.45, 7) is 0. The number of aromatic carboxylic acids is 1. The molecule has 0 spiro atoms. The monoisotopic (exact) mass is 324 g/mol. The van der Waals surface area contributed by atoms with Crippen molar-refractivity contribution in [1.82, 2.24) is 9.97 Å². The van der Waals surface area contributed by atoms with E-state index in [9.17, 15) is 4.79 Å². The molecule has 0 saturated carbocycles. The summed E-state index contributed by atoms with van der Waals surface area (Å²) in [5.41, 5.74) is 0.0245. The number of nitrogens with zero attached hydrogens (tertiary/aromatic N) is 2. The van der Waals surface area contributed by atoms with Crippen LogP contribution in [0.15, 0.2) is 45.9 Å². The van der Waals surface area contributed by atoms with Crippen molar-refractivity contribution in [3.05, 3.63) is 52.5 Å². The largest absolute Gasteiger partial charge is 0.477 e. The Hall–Kier alpha value is -1.40. The summed E-state index contributed by atoms with van der Waals surface area (Å²) in [4.78, 5) is 19.9. The first-order chi connectivity index (χ1) is 8.65. The molecule has 0 unspecified atom stereocenters. The van der Waals surface area contributed by atoms with Crippen molar-refractivity contribution in [2.45, 2.75) is 10.6 Å². The average molecular weight is 325 g/mol. The number of benzene rings is 1. The number of halogens is 1. The van der Waals surface area contributed by atoms with Gasteiger partial charge in [0.15, 0.2) is 5.69 Å². The Morgan fingerprint density at radius 3 is 2.67 bits per heavy atom. The minimum absolute atomic E-state index is 0.0245. The SMILES string of the molecule is O=C(O)c1ccnc(CSc2ccc(Br)cc2)n1. The van der Waals surface area contributed by atoms with Crippen molar-refractivity contribution >= 4 is 33.7 Å². The number of hydrogen-bond acceptors (Lipinski definition) is 4. The molecule has 18 heavy (non-hydrogen) atoms. The number of aromatic nitrogens is 2. The van der Waals surface area contributed by atoms with E-state index in [1.807, 2.05) is 24.3 Å². The van der Waals surface area contributed by atoms with Crippen molar-refractivity contribution < 1.29 is 9.90 Å². The van der Waals surface area contributed by atoms with Crippen LogP contribution in [0.4, 0.5) is 0 Å². The molecular formula is C12H9BrN2O2S. The van der Waals surface area contributed by atoms with Crippen LogP contribution in [0.25, 0.3) is 0 Å². The van der Waals surface area contributed by atoms with E-state index in [4.69, 9.17) is 5.11 Å². The van der Waals surface area contributed by atoms with Gasteiger partial charge < -0.3 is 5.11 Å². The van der Waals surface area contributed by atoms with Crippen molar-refractivity contribution in [1.29, 1.82) is 0 Å². The van der Waals surface area contributed by atoms with Crippen LogP contribution in [0.5, 0.6) is 0 Å². The van der Waals surface area contributed by atoms with Gasteiger partial charge >= 0.3 is 5.97 Å². The molecule has 1 N–H and O–H groups in total. The van der Waals surface area contributed by atoms with Gasteiger partial charge in [0.25, 0.3) is 0 Å². The van der Waals surface area contributed by atoms with Gasteiger partial charge in [-0.1, -0.05) is 15.9 Å². The highest BCUT2D eigenvalue weighted by Gasteiger charge is 2.06. The van der Waals surface area contributed by atoms with E-state index < -0.39 is 5.97 Å². The molecule has 0 aliphatic heterocycles. The van der Waals surface area contributed by atoms with Crippen molar-refractivity contribution in [3.63, 3.8) is 0 Å². The fraction of sp³-hybridized carbons (Fsp3) is 0.0833. The highest BCUT2D eigenvalue weighted by molar-refractivity contribution is 9.10. The van der Waals surface area contributed by atoms with E-state index in [1.165, 1.54) is 12.3 Å². The van der Waals surface area contributed by atoms with Crippen LogP contribution >= 0.6 is 27.7 Å². The molecule has 0 atom stereocenters. The number of rotatable bonds is 4. The van der Waals surface area contributed by atoms with Gasteiger partial charge in [-0.05, 0) is 30.3 Å². The molecule has 0 radical (unpaired) electrons. The third-order valence-corrected chi connectivity index (χ3v) is 3.64. The summed E-state index contributed by atoms with van der Waals surface area (Å²) >= 11 is 4.93. The first-order valence-corrected chi connectivity index (χ1v) is 6.86. The molecule has 1 aromatic heterocycles. The lowest BCUT2D eigenvalue weighted by Gasteiger charge is -2.02. The van der Waals surface area contributed by atoms with E-state index in [-0.39, 0.29) is 5.69 Å². The second kappa shape index (κ2) is 5.97. The van der Waals surface area contributed by atoms with Gasteiger partial charge in [-0.15, -0.1) is 11.8 Å². The zero-order valence-electron chi connectivity index (χ0n) is 9.21. The number of carboxylic acid groups (broad SMARTS) is 1. The summed E-state index contributed by atoms with van der Waals surface area (Å²) < 4.78 is 1.02. The quantitative estimate of drug-likeness (QED) is 0.875. The second-order valence-corrected chi connectivity index (χ2v) is 5.37. The molecule has 0 aliphatic rings. The number of thioether (sulfide) groups is 1. The van der Waals surface area contributed by atoms with Crippen molar-refractivity contribution in [2.75, 3.05) is 0 Å². The van der Waals surface area contributed by atoms with E-state index in [0.717, 1.165) is 9.37 Å². The van der Waals surface area contributed by atoms with Crippen LogP contribution in [0, 0.1) is 0 Å². The normalized spacial score (nSPS) is 10.3. The second-order valence-electron chi connectivity index (χ2n) is 3.41. The lowest BCUT2D eigenvalue weighted by molar-refractivity contribution is 0.0690. The first kappa shape index (κ1) is 13.0. The molecule has 0 fully saturated rings. The molecule has 92 valence electrons. The van der Waals surface area contributed by atoms with E-state index in [2.05, 4.69) is 25.9 Å². The van der Waals surface area contributed by atoms with Gasteiger partial charge in [-0.25, -0.2) is 14.8 Å². The summed E-state index contributed by atoms with van der Waals surface area (Å²) in [6, 6.07) is 9.26. The number of carbonyl (C=O) groups is 1. The Morgan fingerprint density at radius 1 is 1.28 bits per heavy atom. The fourth-order valence-corrected chi connectivity index (χ4v) is 2.29. The third-order valence-electron chi connectivity index (χ3n) is 2.11. The molecule has 0 saturated heterocycles. The van der Waals surface area contributed by atoms with Gasteiger partial charge in [-0.2, -0.15) is 0 Å². The van der Waals surface area contributed by atoms with Crippen LogP contribution in [0.1, 0.15) is 16.3 Å². The topological polar surface area (TPSA) is 63.1 Å². The minimum Gasteiger partial charge on any atom is -0.477 e. The summed E-state index contributed by atoms with van der Waals surface area (Å²) in [7, 11) is 0. The smallest absolute Gasteiger partial charge is 0.354 e. The maximum atomic E-state index is 10.8. The highest BCUT2D eigenvalue weighted by atomic mass is 79.9. The van der Waals surface area contributed by atoms with Crippen LogP contribution < -0.4 is 0 Å². The summed E-state index contributed by atoms with van der Waals surface area (Å²) in [5, 5.41) is 8.82. The molecule has 2 rings (SSSR count). The molecule has 0 bridgehead atoms. The Bertz CT molecular complexity index is 560. The zero-order chi connectivity index (χ0) is 13.0. The number of carboxylic acids is 1. The minimum atomic E-state index is -1.03. The van der Waals surface area contributed by atoms with Crippen LogP contribution in [0.2, 0.25) is 0 Å². The van der Waals surface area contributed by atoms with E-state index >= 15 is 0 Å². The van der Waals surface area contributed by atoms with E-state index in [0.29, 0.717) is 11.6 Å². The molecule has 1 heterocycles. The van der Waals surface area contributed by atoms with E-state index in [1.54, 1.807) is 11.8 Å².